The van der Waals surface area contributed by atoms with Crippen LogP contribution in [0.1, 0.15) is 48.2 Å². The van der Waals surface area contributed by atoms with Crippen LogP contribution in [0.2, 0.25) is 0 Å². The Morgan fingerprint density at radius 3 is 3.08 bits per heavy atom. The molecule has 3 aromatic heterocycles. The Morgan fingerprint density at radius 2 is 2.12 bits per heavy atom. The molecular formula is C20H25N5. The molecule has 0 saturated carbocycles. The maximum Gasteiger partial charge on any atom is 0.136 e. The van der Waals surface area contributed by atoms with Crippen LogP contribution in [0.5, 0.6) is 0 Å². The monoisotopic (exact) mass is 335 g/mol. The standard InChI is InChI=1S/C20H25N5/c1-15-22-18-6-2-3-7-19(18)25(15)17-9-11-23(14-17)13-16-5-4-8-20-21-10-12-24(16)20/h4-5,8,10,12,17H,2-3,6-7,9,11,13-14H2,1H3. The summed E-state index contributed by atoms with van der Waals surface area (Å²) in [4.78, 5) is 11.8. The molecule has 1 aliphatic heterocycles. The minimum absolute atomic E-state index is 0.580. The van der Waals surface area contributed by atoms with Gasteiger partial charge in [0.2, 0.25) is 0 Å². The van der Waals surface area contributed by atoms with Crippen molar-refractivity contribution in [2.24, 2.45) is 0 Å². The van der Waals surface area contributed by atoms with E-state index in [2.05, 4.69) is 50.2 Å². The van der Waals surface area contributed by atoms with Crippen molar-refractivity contribution in [1.82, 2.24) is 23.8 Å². The van der Waals surface area contributed by atoms with Crippen molar-refractivity contribution in [3.8, 4) is 0 Å². The number of hydrogen-bond donors (Lipinski definition) is 0. The zero-order valence-electron chi connectivity index (χ0n) is 14.9. The Hall–Kier alpha value is -2.14. The van der Waals surface area contributed by atoms with E-state index >= 15 is 0 Å². The molecule has 1 unspecified atom stereocenters. The molecule has 0 amide bonds. The van der Waals surface area contributed by atoms with Crippen molar-refractivity contribution in [3.63, 3.8) is 0 Å². The maximum atomic E-state index is 4.87. The fourth-order valence-electron chi connectivity index (χ4n) is 4.71. The first-order valence-electron chi connectivity index (χ1n) is 9.49. The first-order chi connectivity index (χ1) is 12.3. The van der Waals surface area contributed by atoms with Gasteiger partial charge in [0, 0.05) is 49.5 Å². The molecule has 1 fully saturated rings. The second kappa shape index (κ2) is 5.99. The normalized spacial score (nSPS) is 21.1. The van der Waals surface area contributed by atoms with Crippen molar-refractivity contribution in [1.29, 1.82) is 0 Å². The summed E-state index contributed by atoms with van der Waals surface area (Å²) >= 11 is 0. The molecule has 130 valence electrons. The first kappa shape index (κ1) is 15.1. The van der Waals surface area contributed by atoms with Gasteiger partial charge in [0.25, 0.3) is 0 Å². The van der Waals surface area contributed by atoms with Crippen LogP contribution >= 0.6 is 0 Å². The zero-order valence-corrected chi connectivity index (χ0v) is 14.9. The molecule has 5 rings (SSSR count). The summed E-state index contributed by atoms with van der Waals surface area (Å²) < 4.78 is 4.77. The van der Waals surface area contributed by atoms with Crippen LogP contribution in [-0.4, -0.2) is 36.9 Å². The number of aromatic nitrogens is 4. The quantitative estimate of drug-likeness (QED) is 0.738. The van der Waals surface area contributed by atoms with Gasteiger partial charge in [-0.3, -0.25) is 4.90 Å². The average Bonchev–Trinajstić information content (AvgIpc) is 3.32. The van der Waals surface area contributed by atoms with Gasteiger partial charge in [-0.05, 0) is 51.2 Å². The van der Waals surface area contributed by atoms with Crippen molar-refractivity contribution in [2.75, 3.05) is 13.1 Å². The molecule has 2 aliphatic rings. The van der Waals surface area contributed by atoms with E-state index in [0.29, 0.717) is 6.04 Å². The van der Waals surface area contributed by atoms with E-state index < -0.39 is 0 Å². The zero-order chi connectivity index (χ0) is 16.8. The third-order valence-electron chi connectivity index (χ3n) is 5.86. The number of likely N-dealkylation sites (tertiary alicyclic amines) is 1. The lowest BCUT2D eigenvalue weighted by Gasteiger charge is -2.21. The predicted octanol–water partition coefficient (Wildman–Crippen LogP) is 3.17. The third-order valence-corrected chi connectivity index (χ3v) is 5.86. The molecule has 5 heteroatoms. The van der Waals surface area contributed by atoms with Crippen LogP contribution in [0.25, 0.3) is 5.65 Å². The molecule has 1 saturated heterocycles. The number of imidazole rings is 2. The number of pyridine rings is 1. The van der Waals surface area contributed by atoms with Gasteiger partial charge < -0.3 is 8.97 Å². The second-order valence-corrected chi connectivity index (χ2v) is 7.48. The number of nitrogens with zero attached hydrogens (tertiary/aromatic N) is 5. The molecule has 0 N–H and O–H groups in total. The van der Waals surface area contributed by atoms with E-state index in [-0.39, 0.29) is 0 Å². The van der Waals surface area contributed by atoms with Gasteiger partial charge in [0.05, 0.1) is 5.69 Å². The van der Waals surface area contributed by atoms with Gasteiger partial charge >= 0.3 is 0 Å². The minimum Gasteiger partial charge on any atom is -0.328 e. The maximum absolute atomic E-state index is 4.87. The lowest BCUT2D eigenvalue weighted by Crippen LogP contribution is -2.23. The number of rotatable bonds is 3. The fraction of sp³-hybridized carbons (Fsp3) is 0.500. The molecule has 4 heterocycles. The van der Waals surface area contributed by atoms with Crippen LogP contribution in [0.3, 0.4) is 0 Å². The van der Waals surface area contributed by atoms with Crippen LogP contribution < -0.4 is 0 Å². The smallest absolute Gasteiger partial charge is 0.136 e. The molecule has 0 radical (unpaired) electrons. The van der Waals surface area contributed by atoms with Crippen LogP contribution in [-0.2, 0) is 19.4 Å². The Balaban J connectivity index is 1.37. The minimum atomic E-state index is 0.580. The van der Waals surface area contributed by atoms with E-state index in [9.17, 15) is 0 Å². The summed E-state index contributed by atoms with van der Waals surface area (Å²) in [6.45, 7) is 5.45. The van der Waals surface area contributed by atoms with E-state index in [0.717, 1.165) is 25.3 Å². The van der Waals surface area contributed by atoms with E-state index in [1.165, 1.54) is 55.0 Å². The molecule has 0 aromatic carbocycles. The highest BCUT2D eigenvalue weighted by Crippen LogP contribution is 2.30. The summed E-state index contributed by atoms with van der Waals surface area (Å²) in [6.07, 6.45) is 10.2. The third kappa shape index (κ3) is 2.58. The molecule has 0 spiro atoms. The predicted molar refractivity (Wildman–Crippen MR) is 97.7 cm³/mol. The molecule has 1 aliphatic carbocycles. The van der Waals surface area contributed by atoms with Crippen LogP contribution in [0, 0.1) is 6.92 Å². The Kier molecular flexibility index (Phi) is 3.63. The number of fused-ring (bicyclic) bond motifs is 2. The summed E-state index contributed by atoms with van der Waals surface area (Å²) in [6, 6.07) is 6.97. The highest BCUT2D eigenvalue weighted by Gasteiger charge is 2.29. The van der Waals surface area contributed by atoms with E-state index in [1.807, 2.05) is 6.20 Å². The Bertz CT molecular complexity index is 906. The van der Waals surface area contributed by atoms with Crippen LogP contribution in [0.4, 0.5) is 0 Å². The second-order valence-electron chi connectivity index (χ2n) is 7.48. The summed E-state index contributed by atoms with van der Waals surface area (Å²) in [5.41, 5.74) is 5.24. The van der Waals surface area contributed by atoms with Gasteiger partial charge in [0.15, 0.2) is 0 Å². The van der Waals surface area contributed by atoms with Gasteiger partial charge in [-0.1, -0.05) is 6.07 Å². The van der Waals surface area contributed by atoms with Gasteiger partial charge in [-0.15, -0.1) is 0 Å². The SMILES string of the molecule is Cc1nc2c(n1C1CCN(Cc3cccc4nccn34)C1)CCCC2. The summed E-state index contributed by atoms with van der Waals surface area (Å²) in [5, 5.41) is 0. The van der Waals surface area contributed by atoms with Gasteiger partial charge in [0.1, 0.15) is 11.5 Å². The average molecular weight is 335 g/mol. The van der Waals surface area contributed by atoms with Gasteiger partial charge in [-0.25, -0.2) is 9.97 Å². The summed E-state index contributed by atoms with van der Waals surface area (Å²) in [7, 11) is 0. The lowest BCUT2D eigenvalue weighted by atomic mass is 10.0. The van der Waals surface area contributed by atoms with Crippen molar-refractivity contribution >= 4 is 5.65 Å². The molecule has 25 heavy (non-hydrogen) atoms. The van der Waals surface area contributed by atoms with E-state index in [1.54, 1.807) is 0 Å². The van der Waals surface area contributed by atoms with Gasteiger partial charge in [-0.2, -0.15) is 0 Å². The molecule has 0 bridgehead atoms. The van der Waals surface area contributed by atoms with Crippen LogP contribution in [0.15, 0.2) is 30.6 Å². The molecule has 3 aromatic rings. The number of aryl methyl sites for hydroxylation is 2. The van der Waals surface area contributed by atoms with E-state index in [4.69, 9.17) is 4.98 Å². The van der Waals surface area contributed by atoms with Crippen molar-refractivity contribution < 1.29 is 0 Å². The molecule has 5 nitrogen and oxygen atoms in total. The Labute approximate surface area is 148 Å². The first-order valence-corrected chi connectivity index (χ1v) is 9.49. The highest BCUT2D eigenvalue weighted by atomic mass is 15.2. The largest absolute Gasteiger partial charge is 0.328 e. The summed E-state index contributed by atoms with van der Waals surface area (Å²) in [5.74, 6) is 1.22. The Morgan fingerprint density at radius 1 is 1.20 bits per heavy atom. The fourth-order valence-corrected chi connectivity index (χ4v) is 4.71. The molecular weight excluding hydrogens is 310 g/mol. The highest BCUT2D eigenvalue weighted by molar-refractivity contribution is 5.39. The number of hydrogen-bond acceptors (Lipinski definition) is 3. The topological polar surface area (TPSA) is 38.4 Å². The van der Waals surface area contributed by atoms with Crippen molar-refractivity contribution in [2.45, 2.75) is 51.6 Å². The van der Waals surface area contributed by atoms with Crippen molar-refractivity contribution in [3.05, 3.63) is 53.5 Å². The lowest BCUT2D eigenvalue weighted by molar-refractivity contribution is 0.309. The molecule has 1 atom stereocenters.